The molecule has 3 N–H and O–H groups in total. The smallest absolute Gasteiger partial charge is 0.251 e. The number of anilines is 1. The predicted octanol–water partition coefficient (Wildman–Crippen LogP) is 2.54. The van der Waals surface area contributed by atoms with Crippen molar-refractivity contribution in [2.45, 2.75) is 0 Å². The standard InChI is InChI=1S/C26H23N7O2/c27-15-19-23(20(16-28)25-31-21-3-1-2-4-22(21)33(25)24(19)29)17-5-7-18(8-6-17)26(34)30-9-10-32-11-13-35-14-12-32/h1-8H,9-14,29H2,(H,30,34). The molecule has 0 radical (unpaired) electrons. The summed E-state index contributed by atoms with van der Waals surface area (Å²) < 4.78 is 6.99. The lowest BCUT2D eigenvalue weighted by atomic mass is 9.95. The lowest BCUT2D eigenvalue weighted by Gasteiger charge is -2.26. The van der Waals surface area contributed by atoms with E-state index in [1.807, 2.05) is 24.3 Å². The molecule has 2 aromatic heterocycles. The molecule has 4 aromatic rings. The predicted molar refractivity (Wildman–Crippen MR) is 132 cm³/mol. The minimum atomic E-state index is -0.180. The van der Waals surface area contributed by atoms with Crippen molar-refractivity contribution in [3.8, 4) is 23.3 Å². The number of nitriles is 2. The van der Waals surface area contributed by atoms with Crippen LogP contribution in [0.15, 0.2) is 48.5 Å². The van der Waals surface area contributed by atoms with Crippen LogP contribution in [0.1, 0.15) is 21.5 Å². The zero-order valence-electron chi connectivity index (χ0n) is 19.0. The Morgan fingerprint density at radius 2 is 1.77 bits per heavy atom. The summed E-state index contributed by atoms with van der Waals surface area (Å²) in [5, 5.41) is 22.9. The summed E-state index contributed by atoms with van der Waals surface area (Å²) in [5.41, 5.74) is 10.2. The second kappa shape index (κ2) is 9.43. The van der Waals surface area contributed by atoms with E-state index in [-0.39, 0.29) is 22.9 Å². The Morgan fingerprint density at radius 1 is 1.06 bits per heavy atom. The van der Waals surface area contributed by atoms with Crippen LogP contribution in [0.2, 0.25) is 0 Å². The van der Waals surface area contributed by atoms with Gasteiger partial charge in [0.2, 0.25) is 0 Å². The Labute approximate surface area is 201 Å². The first-order valence-electron chi connectivity index (χ1n) is 11.3. The van der Waals surface area contributed by atoms with Gasteiger partial charge in [-0.15, -0.1) is 0 Å². The summed E-state index contributed by atoms with van der Waals surface area (Å²) in [7, 11) is 0. The number of rotatable bonds is 5. The largest absolute Gasteiger partial charge is 0.384 e. The Morgan fingerprint density at radius 3 is 2.49 bits per heavy atom. The average molecular weight is 466 g/mol. The van der Waals surface area contributed by atoms with Gasteiger partial charge in [0.25, 0.3) is 5.91 Å². The summed E-state index contributed by atoms with van der Waals surface area (Å²) in [6.45, 7) is 4.48. The molecule has 1 amide bonds. The highest BCUT2D eigenvalue weighted by molar-refractivity contribution is 5.96. The number of nitrogens with two attached hydrogens (primary N) is 1. The van der Waals surface area contributed by atoms with Crippen molar-refractivity contribution in [2.24, 2.45) is 0 Å². The van der Waals surface area contributed by atoms with Crippen LogP contribution in [0, 0.1) is 22.7 Å². The van der Waals surface area contributed by atoms with Crippen molar-refractivity contribution in [2.75, 3.05) is 45.1 Å². The van der Waals surface area contributed by atoms with Gasteiger partial charge >= 0.3 is 0 Å². The van der Waals surface area contributed by atoms with E-state index in [1.165, 1.54) is 0 Å². The molecule has 174 valence electrons. The molecule has 9 nitrogen and oxygen atoms in total. The van der Waals surface area contributed by atoms with Gasteiger partial charge < -0.3 is 15.8 Å². The van der Waals surface area contributed by atoms with Crippen LogP contribution in [-0.2, 0) is 4.74 Å². The zero-order chi connectivity index (χ0) is 24.4. The van der Waals surface area contributed by atoms with E-state index in [9.17, 15) is 15.3 Å². The highest BCUT2D eigenvalue weighted by Crippen LogP contribution is 2.35. The third kappa shape index (κ3) is 4.04. The number of nitrogens with one attached hydrogen (secondary N) is 1. The SMILES string of the molecule is N#Cc1c(-c2ccc(C(=O)NCCN3CCOCC3)cc2)c(C#N)c2nc3ccccc3n2c1N. The molecule has 0 spiro atoms. The van der Waals surface area contributed by atoms with Gasteiger partial charge in [0.1, 0.15) is 29.1 Å². The number of hydrogen-bond donors (Lipinski definition) is 2. The average Bonchev–Trinajstić information content (AvgIpc) is 3.29. The maximum absolute atomic E-state index is 12.6. The lowest BCUT2D eigenvalue weighted by Crippen LogP contribution is -2.41. The number of hydrogen-bond acceptors (Lipinski definition) is 7. The molecule has 5 rings (SSSR count). The van der Waals surface area contributed by atoms with E-state index >= 15 is 0 Å². The van der Waals surface area contributed by atoms with Crippen LogP contribution in [0.25, 0.3) is 27.8 Å². The molecule has 35 heavy (non-hydrogen) atoms. The number of fused-ring (bicyclic) bond motifs is 3. The molecular weight excluding hydrogens is 442 g/mol. The molecule has 0 bridgehead atoms. The van der Waals surface area contributed by atoms with E-state index < -0.39 is 0 Å². The minimum Gasteiger partial charge on any atom is -0.384 e. The number of amides is 1. The lowest BCUT2D eigenvalue weighted by molar-refractivity contribution is 0.0383. The number of nitrogen functional groups attached to an aromatic ring is 1. The van der Waals surface area contributed by atoms with Crippen molar-refractivity contribution < 1.29 is 9.53 Å². The molecule has 2 aromatic carbocycles. The van der Waals surface area contributed by atoms with Gasteiger partial charge in [0.15, 0.2) is 5.65 Å². The molecule has 1 fully saturated rings. The molecule has 9 heteroatoms. The molecule has 1 aliphatic rings. The fourth-order valence-electron chi connectivity index (χ4n) is 4.46. The number of benzene rings is 2. The zero-order valence-corrected chi connectivity index (χ0v) is 19.0. The first kappa shape index (κ1) is 22.4. The van der Waals surface area contributed by atoms with E-state index in [0.717, 1.165) is 38.4 Å². The minimum absolute atomic E-state index is 0.180. The van der Waals surface area contributed by atoms with Crippen molar-refractivity contribution in [3.05, 3.63) is 65.2 Å². The van der Waals surface area contributed by atoms with Gasteiger partial charge in [-0.2, -0.15) is 10.5 Å². The number of imidazole rings is 1. The number of aromatic nitrogens is 2. The summed E-state index contributed by atoms with van der Waals surface area (Å²) in [5.74, 6) is 0.0374. The van der Waals surface area contributed by atoms with E-state index in [1.54, 1.807) is 28.7 Å². The summed E-state index contributed by atoms with van der Waals surface area (Å²) in [4.78, 5) is 19.5. The Kier molecular flexibility index (Phi) is 6.02. The van der Waals surface area contributed by atoms with Crippen LogP contribution < -0.4 is 11.1 Å². The second-order valence-corrected chi connectivity index (χ2v) is 8.28. The molecule has 1 aliphatic heterocycles. The van der Waals surface area contributed by atoms with Crippen LogP contribution >= 0.6 is 0 Å². The molecular formula is C26H23N7O2. The third-order valence-electron chi connectivity index (χ3n) is 6.26. The van der Waals surface area contributed by atoms with Crippen LogP contribution in [0.4, 0.5) is 5.82 Å². The quantitative estimate of drug-likeness (QED) is 0.463. The fraction of sp³-hybridized carbons (Fsp3) is 0.231. The number of pyridine rings is 1. The number of nitrogens with zero attached hydrogens (tertiary/aromatic N) is 5. The van der Waals surface area contributed by atoms with Crippen LogP contribution in [0.3, 0.4) is 0 Å². The van der Waals surface area contributed by atoms with Crippen molar-refractivity contribution in [1.82, 2.24) is 19.6 Å². The summed E-state index contributed by atoms with van der Waals surface area (Å²) >= 11 is 0. The van der Waals surface area contributed by atoms with Gasteiger partial charge in [0.05, 0.1) is 24.2 Å². The number of morpholine rings is 1. The monoisotopic (exact) mass is 465 g/mol. The molecule has 0 saturated carbocycles. The molecule has 3 heterocycles. The topological polar surface area (TPSA) is 132 Å². The van der Waals surface area contributed by atoms with Gasteiger partial charge in [-0.25, -0.2) is 4.98 Å². The molecule has 0 unspecified atom stereocenters. The first-order valence-corrected chi connectivity index (χ1v) is 11.3. The number of carbonyl (C=O) groups is 1. The van der Waals surface area contributed by atoms with Crippen molar-refractivity contribution in [3.63, 3.8) is 0 Å². The van der Waals surface area contributed by atoms with E-state index in [0.29, 0.717) is 34.4 Å². The molecule has 1 saturated heterocycles. The van der Waals surface area contributed by atoms with Crippen LogP contribution in [-0.4, -0.2) is 59.6 Å². The molecule has 0 aliphatic carbocycles. The molecule has 0 atom stereocenters. The Hall–Kier alpha value is -4.44. The number of para-hydroxylation sites is 2. The van der Waals surface area contributed by atoms with Crippen molar-refractivity contribution in [1.29, 1.82) is 10.5 Å². The van der Waals surface area contributed by atoms with E-state index in [2.05, 4.69) is 27.3 Å². The summed E-state index contributed by atoms with van der Waals surface area (Å²) in [6.07, 6.45) is 0. The van der Waals surface area contributed by atoms with Crippen LogP contribution in [0.5, 0.6) is 0 Å². The van der Waals surface area contributed by atoms with E-state index in [4.69, 9.17) is 10.5 Å². The fourth-order valence-corrected chi connectivity index (χ4v) is 4.46. The van der Waals surface area contributed by atoms with Crippen molar-refractivity contribution >= 4 is 28.4 Å². The first-order chi connectivity index (χ1) is 17.1. The number of carbonyl (C=O) groups excluding carboxylic acids is 1. The Balaban J connectivity index is 1.46. The number of ether oxygens (including phenoxy) is 1. The maximum Gasteiger partial charge on any atom is 0.251 e. The van der Waals surface area contributed by atoms with Gasteiger partial charge in [-0.05, 0) is 29.8 Å². The highest BCUT2D eigenvalue weighted by Gasteiger charge is 2.23. The highest BCUT2D eigenvalue weighted by atomic mass is 16.5. The van der Waals surface area contributed by atoms with Gasteiger partial charge in [0, 0.05) is 37.3 Å². The maximum atomic E-state index is 12.6. The Bertz CT molecular complexity index is 1500. The normalized spacial score (nSPS) is 14.0. The third-order valence-corrected chi connectivity index (χ3v) is 6.26. The summed E-state index contributed by atoms with van der Waals surface area (Å²) in [6, 6.07) is 18.6. The second-order valence-electron chi connectivity index (χ2n) is 8.28. The van der Waals surface area contributed by atoms with Gasteiger partial charge in [-0.3, -0.25) is 14.1 Å². The van der Waals surface area contributed by atoms with Gasteiger partial charge in [-0.1, -0.05) is 24.3 Å².